The smallest absolute Gasteiger partial charge is 0.143 e. The lowest BCUT2D eigenvalue weighted by molar-refractivity contribution is 0.672. The van der Waals surface area contributed by atoms with Crippen molar-refractivity contribution in [2.24, 2.45) is 0 Å². The summed E-state index contributed by atoms with van der Waals surface area (Å²) in [6.45, 7) is 0. The van der Waals surface area contributed by atoms with Crippen molar-refractivity contribution < 1.29 is 9.90 Å². The largest absolute Gasteiger partial charge is 0.455 e. The Bertz CT molecular complexity index is 3830. The Morgan fingerprint density at radius 1 is 0.323 bits per heavy atom. The van der Waals surface area contributed by atoms with Gasteiger partial charge in [0.15, 0.2) is 0 Å². The molecule has 2 nitrogen and oxygen atoms in total. The Labute approximate surface area is 365 Å². The first kappa shape index (κ1) is 31.7. The van der Waals surface area contributed by atoms with Gasteiger partial charge in [-0.25, -0.2) is 0 Å². The standard InChI is InChI=1S/C60H39NO/c1-3-17-48-42(13-1)15-11-23-50(48)44-29-27-40(28-30-44)41-31-35-46(36-32-41)61(47-37-33-45(34-38-47)51-24-12-16-43-14-2-4-18-49(43)51)58-25-9-7-20-53(58)56-39-57-54-21-8-10-26-59(54)62-60(57)55-22-6-5-19-52(55)56/h1-39H/i31D,32D,35D,36D. The van der Waals surface area contributed by atoms with E-state index in [4.69, 9.17) is 4.42 Å². The van der Waals surface area contributed by atoms with E-state index in [-0.39, 0.29) is 35.4 Å². The van der Waals surface area contributed by atoms with Crippen LogP contribution in [-0.2, 0) is 0 Å². The molecule has 0 radical (unpaired) electrons. The van der Waals surface area contributed by atoms with Crippen LogP contribution < -0.4 is 4.90 Å². The van der Waals surface area contributed by atoms with Gasteiger partial charge in [0.2, 0.25) is 0 Å². The van der Waals surface area contributed by atoms with Crippen LogP contribution in [-0.4, -0.2) is 0 Å². The number of furan rings is 1. The van der Waals surface area contributed by atoms with Crippen molar-refractivity contribution >= 4 is 71.3 Å². The number of rotatable bonds is 7. The number of hydrogen-bond donors (Lipinski definition) is 0. The molecule has 290 valence electrons. The summed E-state index contributed by atoms with van der Waals surface area (Å²) in [5, 5.41) is 8.54. The SMILES string of the molecule is [2H]c1c([2H])c(N(c2ccc(-c3cccc4ccccc34)cc2)c2ccccc2-c2cc3c4ccccc4oc3c3ccccc23)c([2H])c([2H])c1-c1ccc(-c2cccc3ccccc23)cc1. The fraction of sp³-hybridized carbons (Fsp3) is 0. The Morgan fingerprint density at radius 3 is 1.50 bits per heavy atom. The number of hydrogen-bond acceptors (Lipinski definition) is 2. The van der Waals surface area contributed by atoms with E-state index in [1.54, 1.807) is 0 Å². The van der Waals surface area contributed by atoms with Gasteiger partial charge in [0.1, 0.15) is 11.2 Å². The number of fused-ring (bicyclic) bond motifs is 7. The molecule has 0 amide bonds. The van der Waals surface area contributed by atoms with Gasteiger partial charge in [0.05, 0.1) is 11.2 Å². The third-order valence-corrected chi connectivity index (χ3v) is 12.2. The molecule has 0 atom stereocenters. The molecule has 2 heteroatoms. The van der Waals surface area contributed by atoms with Crippen molar-refractivity contribution in [2.75, 3.05) is 4.90 Å². The van der Waals surface area contributed by atoms with Crippen LogP contribution in [0.2, 0.25) is 0 Å². The van der Waals surface area contributed by atoms with Gasteiger partial charge in [0.25, 0.3) is 0 Å². The zero-order valence-corrected chi connectivity index (χ0v) is 33.6. The fourth-order valence-electron chi connectivity index (χ4n) is 9.18. The van der Waals surface area contributed by atoms with Crippen LogP contribution >= 0.6 is 0 Å². The minimum absolute atomic E-state index is 0.115. The molecule has 1 aromatic heterocycles. The highest BCUT2D eigenvalue weighted by molar-refractivity contribution is 6.20. The van der Waals surface area contributed by atoms with E-state index in [0.29, 0.717) is 16.9 Å². The van der Waals surface area contributed by atoms with Gasteiger partial charge >= 0.3 is 0 Å². The molecule has 0 fully saturated rings. The molecule has 12 aromatic rings. The average molecular weight is 794 g/mol. The number of benzene rings is 11. The summed E-state index contributed by atoms with van der Waals surface area (Å²) in [5.41, 5.74) is 10.1. The number of para-hydroxylation sites is 2. The lowest BCUT2D eigenvalue weighted by atomic mass is 9.93. The van der Waals surface area contributed by atoms with Gasteiger partial charge in [-0.15, -0.1) is 0 Å². The lowest BCUT2D eigenvalue weighted by Crippen LogP contribution is -2.11. The molecule has 0 saturated heterocycles. The maximum absolute atomic E-state index is 9.82. The van der Waals surface area contributed by atoms with E-state index in [1.807, 2.05) is 114 Å². The predicted molar refractivity (Wildman–Crippen MR) is 263 cm³/mol. The molecule has 0 saturated carbocycles. The van der Waals surface area contributed by atoms with Crippen LogP contribution in [0.1, 0.15) is 5.48 Å². The highest BCUT2D eigenvalue weighted by atomic mass is 16.3. The van der Waals surface area contributed by atoms with Crippen LogP contribution in [0, 0.1) is 0 Å². The quantitative estimate of drug-likeness (QED) is 0.160. The zero-order valence-electron chi connectivity index (χ0n) is 37.6. The molecule has 0 aliphatic heterocycles. The number of anilines is 3. The Kier molecular flexibility index (Phi) is 7.57. The predicted octanol–water partition coefficient (Wildman–Crippen LogP) is 17.2. The Balaban J connectivity index is 1.06. The van der Waals surface area contributed by atoms with Crippen molar-refractivity contribution in [1.29, 1.82) is 0 Å². The van der Waals surface area contributed by atoms with Gasteiger partial charge in [-0.05, 0) is 108 Å². The van der Waals surface area contributed by atoms with Crippen LogP contribution in [0.4, 0.5) is 17.1 Å². The Hall–Kier alpha value is -8.20. The topological polar surface area (TPSA) is 16.4 Å². The van der Waals surface area contributed by atoms with Crippen LogP contribution in [0.25, 0.3) is 98.8 Å². The summed E-state index contributed by atoms with van der Waals surface area (Å²) in [6.07, 6.45) is 0. The number of nitrogens with zero attached hydrogens (tertiary/aromatic N) is 1. The van der Waals surface area contributed by atoms with E-state index in [2.05, 4.69) is 103 Å². The third-order valence-electron chi connectivity index (χ3n) is 12.2. The molecule has 0 unspecified atom stereocenters. The van der Waals surface area contributed by atoms with E-state index in [0.717, 1.165) is 87.6 Å². The fourth-order valence-corrected chi connectivity index (χ4v) is 9.18. The molecule has 0 aliphatic carbocycles. The minimum Gasteiger partial charge on any atom is -0.455 e. The van der Waals surface area contributed by atoms with Crippen molar-refractivity contribution in [2.45, 2.75) is 0 Å². The van der Waals surface area contributed by atoms with Crippen LogP contribution in [0.3, 0.4) is 0 Å². The summed E-state index contributed by atoms with van der Waals surface area (Å²) >= 11 is 0. The zero-order chi connectivity index (χ0) is 44.5. The molecular formula is C60H39NO. The molecule has 0 N–H and O–H groups in total. The highest BCUT2D eigenvalue weighted by Crippen LogP contribution is 2.46. The van der Waals surface area contributed by atoms with E-state index in [1.165, 1.54) is 0 Å². The highest BCUT2D eigenvalue weighted by Gasteiger charge is 2.21. The second kappa shape index (κ2) is 14.8. The van der Waals surface area contributed by atoms with E-state index >= 15 is 0 Å². The second-order valence-electron chi connectivity index (χ2n) is 15.7. The van der Waals surface area contributed by atoms with Gasteiger partial charge < -0.3 is 9.32 Å². The normalized spacial score (nSPS) is 12.5. The van der Waals surface area contributed by atoms with E-state index in [9.17, 15) is 5.48 Å². The van der Waals surface area contributed by atoms with Gasteiger partial charge in [-0.1, -0.05) is 194 Å². The van der Waals surface area contributed by atoms with E-state index < -0.39 is 0 Å². The van der Waals surface area contributed by atoms with Crippen molar-refractivity contribution in [1.82, 2.24) is 0 Å². The van der Waals surface area contributed by atoms with Crippen molar-refractivity contribution in [3.8, 4) is 44.5 Å². The summed E-state index contributed by atoms with van der Waals surface area (Å²) in [4.78, 5) is 1.91. The maximum atomic E-state index is 9.82. The van der Waals surface area contributed by atoms with Gasteiger partial charge in [0, 0.05) is 33.1 Å². The van der Waals surface area contributed by atoms with Crippen molar-refractivity contribution in [3.05, 3.63) is 236 Å². The summed E-state index contributed by atoms with van der Waals surface area (Å²) < 4.78 is 45.4. The molecule has 0 aliphatic rings. The molecule has 11 aromatic carbocycles. The molecule has 0 bridgehead atoms. The van der Waals surface area contributed by atoms with Gasteiger partial charge in [-0.2, -0.15) is 0 Å². The molecule has 1 heterocycles. The summed E-state index contributed by atoms with van der Waals surface area (Å²) in [6, 6.07) is 71.3. The lowest BCUT2D eigenvalue weighted by Gasteiger charge is -2.28. The third kappa shape index (κ3) is 6.04. The summed E-state index contributed by atoms with van der Waals surface area (Å²) in [5.74, 6) is 0. The first-order chi connectivity index (χ1) is 32.4. The van der Waals surface area contributed by atoms with Crippen LogP contribution in [0.15, 0.2) is 241 Å². The summed E-state index contributed by atoms with van der Waals surface area (Å²) in [7, 11) is 0. The molecular weight excluding hydrogens is 751 g/mol. The molecule has 0 spiro atoms. The van der Waals surface area contributed by atoms with Gasteiger partial charge in [-0.3, -0.25) is 0 Å². The van der Waals surface area contributed by atoms with Crippen LogP contribution in [0.5, 0.6) is 0 Å². The Morgan fingerprint density at radius 2 is 0.823 bits per heavy atom. The minimum atomic E-state index is -0.141. The average Bonchev–Trinajstić information content (AvgIpc) is 3.76. The molecule has 12 rings (SSSR count). The van der Waals surface area contributed by atoms with Crippen molar-refractivity contribution in [3.63, 3.8) is 0 Å². The first-order valence-corrected chi connectivity index (χ1v) is 20.9. The first-order valence-electron chi connectivity index (χ1n) is 22.9. The molecule has 62 heavy (non-hydrogen) atoms. The monoisotopic (exact) mass is 793 g/mol. The second-order valence-corrected chi connectivity index (χ2v) is 15.7. The maximum Gasteiger partial charge on any atom is 0.143 e.